The minimum atomic E-state index is -0.408. The molecule has 1 atom stereocenters. The SMILES string of the molecule is Cc1nc(-c2ccccc2)ccc1C(=O)N1CCCC(O)C1. The second-order valence-electron chi connectivity index (χ2n) is 5.74. The highest BCUT2D eigenvalue weighted by Crippen LogP contribution is 2.20. The molecule has 1 aromatic heterocycles. The molecule has 1 aliphatic heterocycles. The minimum Gasteiger partial charge on any atom is -0.391 e. The summed E-state index contributed by atoms with van der Waals surface area (Å²) in [5, 5.41) is 9.73. The maximum absolute atomic E-state index is 12.6. The molecule has 0 spiro atoms. The summed E-state index contributed by atoms with van der Waals surface area (Å²) in [6.45, 7) is 2.98. The Labute approximate surface area is 130 Å². The van der Waals surface area contributed by atoms with E-state index in [4.69, 9.17) is 0 Å². The monoisotopic (exact) mass is 296 g/mol. The molecule has 0 bridgehead atoms. The number of aliphatic hydroxyl groups excluding tert-OH is 1. The zero-order valence-electron chi connectivity index (χ0n) is 12.7. The van der Waals surface area contributed by atoms with Crippen LogP contribution in [0.25, 0.3) is 11.3 Å². The first-order valence-electron chi connectivity index (χ1n) is 7.65. The Morgan fingerprint density at radius 2 is 2.00 bits per heavy atom. The molecular weight excluding hydrogens is 276 g/mol. The summed E-state index contributed by atoms with van der Waals surface area (Å²) in [5.41, 5.74) is 3.26. The summed E-state index contributed by atoms with van der Waals surface area (Å²) in [6, 6.07) is 13.6. The number of likely N-dealkylation sites (tertiary alicyclic amines) is 1. The molecule has 1 aromatic carbocycles. The van der Waals surface area contributed by atoms with E-state index >= 15 is 0 Å². The van der Waals surface area contributed by atoms with Crippen molar-refractivity contribution < 1.29 is 9.90 Å². The Balaban J connectivity index is 1.84. The van der Waals surface area contributed by atoms with E-state index in [1.807, 2.05) is 49.4 Å². The molecule has 2 heterocycles. The Kier molecular flexibility index (Phi) is 4.20. The Bertz CT molecular complexity index is 670. The van der Waals surface area contributed by atoms with E-state index in [1.54, 1.807) is 4.90 Å². The van der Waals surface area contributed by atoms with Crippen LogP contribution in [0, 0.1) is 6.92 Å². The molecule has 1 fully saturated rings. The standard InChI is InChI=1S/C18H20N2O2/c1-13-16(18(22)20-11-5-8-15(21)12-20)9-10-17(19-13)14-6-3-2-4-7-14/h2-4,6-7,9-10,15,21H,5,8,11-12H2,1H3. The lowest BCUT2D eigenvalue weighted by molar-refractivity contribution is 0.0472. The molecule has 22 heavy (non-hydrogen) atoms. The van der Waals surface area contributed by atoms with Gasteiger partial charge in [-0.3, -0.25) is 9.78 Å². The van der Waals surface area contributed by atoms with Crippen molar-refractivity contribution in [2.75, 3.05) is 13.1 Å². The quantitative estimate of drug-likeness (QED) is 0.927. The first-order valence-corrected chi connectivity index (χ1v) is 7.65. The van der Waals surface area contributed by atoms with Crippen molar-refractivity contribution in [1.29, 1.82) is 0 Å². The highest BCUT2D eigenvalue weighted by atomic mass is 16.3. The van der Waals surface area contributed by atoms with Crippen LogP contribution in [0.2, 0.25) is 0 Å². The smallest absolute Gasteiger partial charge is 0.255 e. The normalized spacial score (nSPS) is 18.3. The number of rotatable bonds is 2. The number of hydrogen-bond acceptors (Lipinski definition) is 3. The molecule has 4 heteroatoms. The van der Waals surface area contributed by atoms with Crippen LogP contribution in [0.5, 0.6) is 0 Å². The van der Waals surface area contributed by atoms with Gasteiger partial charge in [-0.05, 0) is 31.9 Å². The van der Waals surface area contributed by atoms with Crippen LogP contribution in [0.4, 0.5) is 0 Å². The van der Waals surface area contributed by atoms with Crippen molar-refractivity contribution in [2.45, 2.75) is 25.9 Å². The van der Waals surface area contributed by atoms with Gasteiger partial charge in [-0.15, -0.1) is 0 Å². The number of carbonyl (C=O) groups excluding carboxylic acids is 1. The molecule has 0 saturated carbocycles. The van der Waals surface area contributed by atoms with Crippen LogP contribution in [-0.4, -0.2) is 40.1 Å². The molecule has 1 aliphatic rings. The molecule has 114 valence electrons. The van der Waals surface area contributed by atoms with Gasteiger partial charge in [-0.2, -0.15) is 0 Å². The summed E-state index contributed by atoms with van der Waals surface area (Å²) in [4.78, 5) is 18.9. The largest absolute Gasteiger partial charge is 0.391 e. The number of aliphatic hydroxyl groups is 1. The van der Waals surface area contributed by atoms with Crippen molar-refractivity contribution in [3.63, 3.8) is 0 Å². The van der Waals surface area contributed by atoms with Crippen molar-refractivity contribution in [2.24, 2.45) is 0 Å². The lowest BCUT2D eigenvalue weighted by Crippen LogP contribution is -2.42. The lowest BCUT2D eigenvalue weighted by Gasteiger charge is -2.30. The Hall–Kier alpha value is -2.20. The van der Waals surface area contributed by atoms with Crippen molar-refractivity contribution in [3.8, 4) is 11.3 Å². The number of pyridine rings is 1. The van der Waals surface area contributed by atoms with E-state index in [-0.39, 0.29) is 5.91 Å². The van der Waals surface area contributed by atoms with Gasteiger partial charge in [0.05, 0.1) is 23.1 Å². The van der Waals surface area contributed by atoms with Gasteiger partial charge in [0.15, 0.2) is 0 Å². The average Bonchev–Trinajstić information content (AvgIpc) is 2.55. The molecule has 4 nitrogen and oxygen atoms in total. The first kappa shape index (κ1) is 14.7. The van der Waals surface area contributed by atoms with E-state index in [0.717, 1.165) is 29.8 Å². The molecule has 3 rings (SSSR count). The van der Waals surface area contributed by atoms with Gasteiger partial charge < -0.3 is 10.0 Å². The van der Waals surface area contributed by atoms with Gasteiger partial charge in [-0.1, -0.05) is 30.3 Å². The number of aromatic nitrogens is 1. The van der Waals surface area contributed by atoms with Crippen LogP contribution in [0.15, 0.2) is 42.5 Å². The highest BCUT2D eigenvalue weighted by Gasteiger charge is 2.24. The number of benzene rings is 1. The van der Waals surface area contributed by atoms with Gasteiger partial charge in [0.1, 0.15) is 0 Å². The van der Waals surface area contributed by atoms with Crippen LogP contribution >= 0.6 is 0 Å². The van der Waals surface area contributed by atoms with Crippen LogP contribution in [0.1, 0.15) is 28.9 Å². The second kappa shape index (κ2) is 6.28. The van der Waals surface area contributed by atoms with Gasteiger partial charge in [0, 0.05) is 18.7 Å². The molecule has 1 N–H and O–H groups in total. The molecule has 0 radical (unpaired) electrons. The third kappa shape index (κ3) is 3.02. The third-order valence-electron chi connectivity index (χ3n) is 4.07. The maximum Gasteiger partial charge on any atom is 0.255 e. The maximum atomic E-state index is 12.6. The van der Waals surface area contributed by atoms with E-state index in [0.29, 0.717) is 18.7 Å². The fraction of sp³-hybridized carbons (Fsp3) is 0.333. The fourth-order valence-electron chi connectivity index (χ4n) is 2.87. The van der Waals surface area contributed by atoms with Crippen LogP contribution in [-0.2, 0) is 0 Å². The number of amides is 1. The lowest BCUT2D eigenvalue weighted by atomic mass is 10.0. The summed E-state index contributed by atoms with van der Waals surface area (Å²) < 4.78 is 0. The number of carbonyl (C=O) groups is 1. The summed E-state index contributed by atoms with van der Waals surface area (Å²) in [6.07, 6.45) is 1.21. The van der Waals surface area contributed by atoms with Crippen LogP contribution in [0.3, 0.4) is 0 Å². The number of piperidine rings is 1. The predicted octanol–water partition coefficient (Wildman–Crippen LogP) is 2.65. The molecule has 1 amide bonds. The average molecular weight is 296 g/mol. The van der Waals surface area contributed by atoms with E-state index in [2.05, 4.69) is 4.98 Å². The fourth-order valence-corrected chi connectivity index (χ4v) is 2.87. The summed E-state index contributed by atoms with van der Waals surface area (Å²) in [7, 11) is 0. The molecule has 2 aromatic rings. The Morgan fingerprint density at radius 3 is 2.68 bits per heavy atom. The number of nitrogens with zero attached hydrogens (tertiary/aromatic N) is 2. The Morgan fingerprint density at radius 1 is 1.23 bits per heavy atom. The van der Waals surface area contributed by atoms with Crippen LogP contribution < -0.4 is 0 Å². The zero-order valence-corrected chi connectivity index (χ0v) is 12.7. The highest BCUT2D eigenvalue weighted by molar-refractivity contribution is 5.95. The number of hydrogen-bond donors (Lipinski definition) is 1. The number of aryl methyl sites for hydroxylation is 1. The summed E-state index contributed by atoms with van der Waals surface area (Å²) in [5.74, 6) is -0.0386. The molecular formula is C18H20N2O2. The van der Waals surface area contributed by atoms with Crippen molar-refractivity contribution >= 4 is 5.91 Å². The second-order valence-corrected chi connectivity index (χ2v) is 5.74. The molecule has 1 unspecified atom stereocenters. The third-order valence-corrected chi connectivity index (χ3v) is 4.07. The van der Waals surface area contributed by atoms with Crippen molar-refractivity contribution in [1.82, 2.24) is 9.88 Å². The topological polar surface area (TPSA) is 53.4 Å². The van der Waals surface area contributed by atoms with E-state index < -0.39 is 6.10 Å². The predicted molar refractivity (Wildman–Crippen MR) is 85.6 cm³/mol. The summed E-state index contributed by atoms with van der Waals surface area (Å²) >= 11 is 0. The molecule has 0 aliphatic carbocycles. The zero-order chi connectivity index (χ0) is 15.5. The van der Waals surface area contributed by atoms with Gasteiger partial charge >= 0.3 is 0 Å². The van der Waals surface area contributed by atoms with Gasteiger partial charge in [0.2, 0.25) is 0 Å². The van der Waals surface area contributed by atoms with E-state index in [9.17, 15) is 9.90 Å². The molecule has 1 saturated heterocycles. The number of β-amino-alcohol motifs (C(OH)–C–C–N with tert-alkyl or cyclic N) is 1. The van der Waals surface area contributed by atoms with Gasteiger partial charge in [0.25, 0.3) is 5.91 Å². The van der Waals surface area contributed by atoms with Crippen molar-refractivity contribution in [3.05, 3.63) is 53.7 Å². The van der Waals surface area contributed by atoms with E-state index in [1.165, 1.54) is 0 Å². The minimum absolute atomic E-state index is 0.0386. The first-order chi connectivity index (χ1) is 10.6. The van der Waals surface area contributed by atoms with Gasteiger partial charge in [-0.25, -0.2) is 0 Å².